The van der Waals surface area contributed by atoms with E-state index in [0.29, 0.717) is 5.75 Å². The third-order valence-corrected chi connectivity index (χ3v) is 2.36. The summed E-state index contributed by atoms with van der Waals surface area (Å²) in [5.41, 5.74) is 2.78. The van der Waals surface area contributed by atoms with Crippen molar-refractivity contribution in [3.63, 3.8) is 0 Å². The number of esters is 1. The highest BCUT2D eigenvalue weighted by molar-refractivity contribution is 6.33. The van der Waals surface area contributed by atoms with Crippen LogP contribution in [0.4, 0.5) is 0 Å². The van der Waals surface area contributed by atoms with Crippen molar-refractivity contribution in [1.29, 1.82) is 0 Å². The molecule has 3 heteroatoms. The van der Waals surface area contributed by atoms with Crippen molar-refractivity contribution < 1.29 is 14.3 Å². The number of rotatable bonds is 2. The van der Waals surface area contributed by atoms with E-state index in [4.69, 9.17) is 4.74 Å². The van der Waals surface area contributed by atoms with Crippen LogP contribution in [0.3, 0.4) is 0 Å². The second-order valence-corrected chi connectivity index (χ2v) is 3.60. The summed E-state index contributed by atoms with van der Waals surface area (Å²) in [7, 11) is 0. The minimum Gasteiger partial charge on any atom is -0.420 e. The molecule has 3 nitrogen and oxygen atoms in total. The van der Waals surface area contributed by atoms with Crippen molar-refractivity contribution in [2.75, 3.05) is 0 Å². The van der Waals surface area contributed by atoms with Gasteiger partial charge in [0, 0.05) is 6.92 Å². The zero-order valence-corrected chi connectivity index (χ0v) is 9.38. The van der Waals surface area contributed by atoms with E-state index in [1.165, 1.54) is 6.92 Å². The van der Waals surface area contributed by atoms with Crippen LogP contribution in [0.1, 0.15) is 23.6 Å². The summed E-state index contributed by atoms with van der Waals surface area (Å²) < 4.78 is 5.03. The van der Waals surface area contributed by atoms with Gasteiger partial charge in [-0.25, -0.2) is 4.79 Å². The Labute approximate surface area is 89.1 Å². The maximum absolute atomic E-state index is 11.2. The first-order valence-electron chi connectivity index (χ1n) is 4.73. The minimum absolute atomic E-state index is 0.496. The molecule has 0 aromatic heterocycles. The van der Waals surface area contributed by atoms with E-state index in [2.05, 4.69) is 0 Å². The van der Waals surface area contributed by atoms with Gasteiger partial charge in [0.1, 0.15) is 5.75 Å². The lowest BCUT2D eigenvalue weighted by Crippen LogP contribution is -2.18. The third kappa shape index (κ3) is 2.43. The Hall–Kier alpha value is -1.64. The van der Waals surface area contributed by atoms with Gasteiger partial charge in [-0.05, 0) is 37.5 Å². The van der Waals surface area contributed by atoms with Crippen LogP contribution in [0.15, 0.2) is 12.1 Å². The zero-order chi connectivity index (χ0) is 11.6. The van der Waals surface area contributed by atoms with Crippen LogP contribution in [-0.2, 0) is 9.59 Å². The maximum Gasteiger partial charge on any atom is 0.379 e. The molecule has 0 spiro atoms. The topological polar surface area (TPSA) is 43.4 Å². The molecule has 0 atom stereocenters. The summed E-state index contributed by atoms with van der Waals surface area (Å²) in [6, 6.07) is 3.82. The van der Waals surface area contributed by atoms with Crippen LogP contribution < -0.4 is 4.74 Å². The molecule has 80 valence electrons. The Kier molecular flexibility index (Phi) is 3.24. The number of ether oxygens (including phenoxy) is 1. The molecule has 0 aliphatic carbocycles. The van der Waals surface area contributed by atoms with Crippen LogP contribution >= 0.6 is 0 Å². The minimum atomic E-state index is -0.813. The molecule has 1 aromatic rings. The molecule has 0 aliphatic heterocycles. The number of aryl methyl sites for hydroxylation is 2. The molecule has 0 unspecified atom stereocenters. The molecule has 0 heterocycles. The number of carbonyl (C=O) groups is 2. The average molecular weight is 206 g/mol. The molecule has 0 saturated carbocycles. The summed E-state index contributed by atoms with van der Waals surface area (Å²) in [6.07, 6.45) is 0. The molecule has 0 radical (unpaired) electrons. The molecule has 1 rings (SSSR count). The number of hydrogen-bond acceptors (Lipinski definition) is 3. The van der Waals surface area contributed by atoms with Gasteiger partial charge in [-0.3, -0.25) is 4.79 Å². The second kappa shape index (κ2) is 4.26. The highest BCUT2D eigenvalue weighted by Crippen LogP contribution is 2.25. The van der Waals surface area contributed by atoms with E-state index >= 15 is 0 Å². The van der Waals surface area contributed by atoms with Crippen molar-refractivity contribution in [3.8, 4) is 5.75 Å². The number of carbonyl (C=O) groups excluding carboxylic acids is 2. The van der Waals surface area contributed by atoms with E-state index in [1.807, 2.05) is 32.9 Å². The quantitative estimate of drug-likeness (QED) is 0.423. The molecule has 0 bridgehead atoms. The first-order chi connectivity index (χ1) is 6.93. The van der Waals surface area contributed by atoms with E-state index in [-0.39, 0.29) is 0 Å². The molecule has 0 aliphatic rings. The van der Waals surface area contributed by atoms with Crippen molar-refractivity contribution in [1.82, 2.24) is 0 Å². The third-order valence-electron chi connectivity index (χ3n) is 2.36. The number of hydrogen-bond donors (Lipinski definition) is 0. The van der Waals surface area contributed by atoms with Gasteiger partial charge in [-0.15, -0.1) is 0 Å². The van der Waals surface area contributed by atoms with Crippen molar-refractivity contribution in [2.45, 2.75) is 27.7 Å². The molecule has 0 fully saturated rings. The van der Waals surface area contributed by atoms with Crippen LogP contribution in [0, 0.1) is 20.8 Å². The first kappa shape index (κ1) is 11.4. The summed E-state index contributed by atoms with van der Waals surface area (Å²) in [4.78, 5) is 21.9. The Morgan fingerprint density at radius 2 is 1.60 bits per heavy atom. The van der Waals surface area contributed by atoms with Gasteiger partial charge in [0.05, 0.1) is 0 Å². The van der Waals surface area contributed by atoms with Gasteiger partial charge in [0.25, 0.3) is 0 Å². The van der Waals surface area contributed by atoms with Crippen molar-refractivity contribution in [2.24, 2.45) is 0 Å². The Balaban J connectivity index is 3.09. The second-order valence-electron chi connectivity index (χ2n) is 3.60. The highest BCUT2D eigenvalue weighted by Gasteiger charge is 2.14. The molecule has 0 amide bonds. The summed E-state index contributed by atoms with van der Waals surface area (Å²) in [5.74, 6) is -0.905. The molecule has 1 aromatic carbocycles. The molecule has 0 N–H and O–H groups in total. The van der Waals surface area contributed by atoms with Gasteiger partial charge in [0.15, 0.2) is 0 Å². The largest absolute Gasteiger partial charge is 0.420 e. The summed E-state index contributed by atoms with van der Waals surface area (Å²) >= 11 is 0. The maximum atomic E-state index is 11.2. The van der Waals surface area contributed by atoms with Crippen LogP contribution in [0.2, 0.25) is 0 Å². The Morgan fingerprint density at radius 1 is 1.07 bits per heavy atom. The molecular weight excluding hydrogens is 192 g/mol. The van der Waals surface area contributed by atoms with Gasteiger partial charge in [-0.1, -0.05) is 12.1 Å². The smallest absolute Gasteiger partial charge is 0.379 e. The first-order valence-corrected chi connectivity index (χ1v) is 4.73. The van der Waals surface area contributed by atoms with E-state index in [9.17, 15) is 9.59 Å². The fourth-order valence-electron chi connectivity index (χ4n) is 1.25. The van der Waals surface area contributed by atoms with Gasteiger partial charge >= 0.3 is 5.97 Å². The molecule has 0 saturated heterocycles. The van der Waals surface area contributed by atoms with Crippen molar-refractivity contribution in [3.05, 3.63) is 28.8 Å². The fraction of sp³-hybridized carbons (Fsp3) is 0.333. The SMILES string of the molecule is CC(=O)C(=O)Oc1c(C)ccc(C)c1C. The Morgan fingerprint density at radius 3 is 2.13 bits per heavy atom. The lowest BCUT2D eigenvalue weighted by atomic mass is 10.1. The zero-order valence-electron chi connectivity index (χ0n) is 9.38. The van der Waals surface area contributed by atoms with Crippen LogP contribution in [-0.4, -0.2) is 11.8 Å². The van der Waals surface area contributed by atoms with E-state index in [0.717, 1.165) is 16.7 Å². The Bertz CT molecular complexity index is 419. The normalized spacial score (nSPS) is 9.87. The van der Waals surface area contributed by atoms with Gasteiger partial charge in [0.2, 0.25) is 5.78 Å². The predicted molar refractivity (Wildman–Crippen MR) is 57.0 cm³/mol. The number of Topliss-reactive ketones (excluding diaryl/α,β-unsaturated/α-hetero) is 1. The fourth-order valence-corrected chi connectivity index (χ4v) is 1.25. The van der Waals surface area contributed by atoms with Gasteiger partial charge in [-0.2, -0.15) is 0 Å². The van der Waals surface area contributed by atoms with E-state index < -0.39 is 11.8 Å². The number of ketones is 1. The molecule has 15 heavy (non-hydrogen) atoms. The standard InChI is InChI=1S/C12H14O3/c1-7-5-6-8(2)11(9(7)3)15-12(14)10(4)13/h5-6H,1-4H3. The summed E-state index contributed by atoms with van der Waals surface area (Å²) in [6.45, 7) is 6.84. The predicted octanol–water partition coefficient (Wildman–Crippen LogP) is 2.11. The monoisotopic (exact) mass is 206 g/mol. The number of benzene rings is 1. The van der Waals surface area contributed by atoms with Crippen LogP contribution in [0.5, 0.6) is 5.75 Å². The average Bonchev–Trinajstić information content (AvgIpc) is 2.18. The lowest BCUT2D eigenvalue weighted by Gasteiger charge is -2.11. The lowest BCUT2D eigenvalue weighted by molar-refractivity contribution is -0.146. The summed E-state index contributed by atoms with van der Waals surface area (Å²) in [5, 5.41) is 0. The van der Waals surface area contributed by atoms with Crippen molar-refractivity contribution >= 4 is 11.8 Å². The van der Waals surface area contributed by atoms with Crippen LogP contribution in [0.25, 0.3) is 0 Å². The molecular formula is C12H14O3. The van der Waals surface area contributed by atoms with Gasteiger partial charge < -0.3 is 4.74 Å². The highest BCUT2D eigenvalue weighted by atomic mass is 16.5. The van der Waals surface area contributed by atoms with E-state index in [1.54, 1.807) is 0 Å².